The molecule has 0 aliphatic carbocycles. The van der Waals surface area contributed by atoms with E-state index < -0.39 is 0 Å². The summed E-state index contributed by atoms with van der Waals surface area (Å²) in [7, 11) is 0. The van der Waals surface area contributed by atoms with Crippen LogP contribution in [0.2, 0.25) is 10.0 Å². The first-order valence-corrected chi connectivity index (χ1v) is 6.97. The van der Waals surface area contributed by atoms with Crippen LogP contribution in [0.15, 0.2) is 22.7 Å². The van der Waals surface area contributed by atoms with Crippen molar-refractivity contribution in [1.29, 1.82) is 0 Å². The monoisotopic (exact) mass is 297 g/mol. The standard InChI is InChI=1S/C13H13Cl2N3O/c14-9-2-1-3-10(15)12(9)13-17-11(19-18-13)6-8-4-5-16-7-8/h1-3,8,16H,4-7H2. The van der Waals surface area contributed by atoms with Crippen LogP contribution in [0.25, 0.3) is 11.4 Å². The average molecular weight is 298 g/mol. The Hall–Kier alpha value is -1.10. The first-order chi connectivity index (χ1) is 9.24. The lowest BCUT2D eigenvalue weighted by Gasteiger charge is -2.02. The Morgan fingerprint density at radius 1 is 1.32 bits per heavy atom. The fourth-order valence-electron chi connectivity index (χ4n) is 2.29. The maximum Gasteiger partial charge on any atom is 0.227 e. The number of benzene rings is 1. The molecule has 3 rings (SSSR count). The summed E-state index contributed by atoms with van der Waals surface area (Å²) < 4.78 is 5.28. The van der Waals surface area contributed by atoms with Crippen molar-refractivity contribution >= 4 is 23.2 Å². The molecule has 0 saturated carbocycles. The normalized spacial score (nSPS) is 18.9. The fourth-order valence-corrected chi connectivity index (χ4v) is 2.85. The SMILES string of the molecule is Clc1cccc(Cl)c1-c1noc(CC2CCNC2)n1. The second-order valence-corrected chi connectivity index (χ2v) is 5.49. The minimum atomic E-state index is 0.455. The van der Waals surface area contributed by atoms with Crippen molar-refractivity contribution in [3.05, 3.63) is 34.1 Å². The number of hydrogen-bond donors (Lipinski definition) is 1. The van der Waals surface area contributed by atoms with Crippen LogP contribution < -0.4 is 5.32 Å². The molecular weight excluding hydrogens is 285 g/mol. The highest BCUT2D eigenvalue weighted by atomic mass is 35.5. The molecule has 1 aromatic heterocycles. The van der Waals surface area contributed by atoms with Gasteiger partial charge in [-0.3, -0.25) is 0 Å². The van der Waals surface area contributed by atoms with E-state index in [0.717, 1.165) is 25.9 Å². The van der Waals surface area contributed by atoms with Crippen molar-refractivity contribution in [3.8, 4) is 11.4 Å². The van der Waals surface area contributed by atoms with Crippen LogP contribution in [0, 0.1) is 5.92 Å². The highest BCUT2D eigenvalue weighted by Gasteiger charge is 2.20. The Morgan fingerprint density at radius 2 is 2.11 bits per heavy atom. The molecular formula is C13H13Cl2N3O. The minimum Gasteiger partial charge on any atom is -0.339 e. The smallest absolute Gasteiger partial charge is 0.227 e. The zero-order valence-electron chi connectivity index (χ0n) is 10.2. The van der Waals surface area contributed by atoms with Crippen molar-refractivity contribution in [2.24, 2.45) is 5.92 Å². The van der Waals surface area contributed by atoms with Gasteiger partial charge in [0.05, 0.1) is 15.6 Å². The Kier molecular flexibility index (Phi) is 3.73. The predicted molar refractivity (Wildman–Crippen MR) is 74.4 cm³/mol. The zero-order chi connectivity index (χ0) is 13.2. The second kappa shape index (κ2) is 5.49. The van der Waals surface area contributed by atoms with Gasteiger partial charge in [0.25, 0.3) is 0 Å². The lowest BCUT2D eigenvalue weighted by molar-refractivity contribution is 0.358. The summed E-state index contributed by atoms with van der Waals surface area (Å²) in [5.74, 6) is 1.66. The van der Waals surface area contributed by atoms with Gasteiger partial charge in [-0.25, -0.2) is 0 Å². The molecule has 100 valence electrons. The third kappa shape index (κ3) is 2.76. The van der Waals surface area contributed by atoms with Crippen molar-refractivity contribution in [1.82, 2.24) is 15.5 Å². The number of halogens is 2. The predicted octanol–water partition coefficient (Wildman–Crippen LogP) is 3.20. The van der Waals surface area contributed by atoms with Gasteiger partial charge in [-0.1, -0.05) is 34.4 Å². The van der Waals surface area contributed by atoms with E-state index in [1.807, 2.05) is 0 Å². The summed E-state index contributed by atoms with van der Waals surface area (Å²) in [6, 6.07) is 5.32. The first-order valence-electron chi connectivity index (χ1n) is 6.21. The van der Waals surface area contributed by atoms with Gasteiger partial charge in [0.15, 0.2) is 0 Å². The molecule has 1 saturated heterocycles. The third-order valence-corrected chi connectivity index (χ3v) is 3.91. The summed E-state index contributed by atoms with van der Waals surface area (Å²) >= 11 is 12.3. The summed E-state index contributed by atoms with van der Waals surface area (Å²) in [5.41, 5.74) is 0.630. The summed E-state index contributed by atoms with van der Waals surface area (Å²) in [6.07, 6.45) is 1.94. The van der Waals surface area contributed by atoms with E-state index in [1.54, 1.807) is 18.2 Å². The van der Waals surface area contributed by atoms with Crippen molar-refractivity contribution < 1.29 is 4.52 Å². The summed E-state index contributed by atoms with van der Waals surface area (Å²) in [5, 5.41) is 8.35. The lowest BCUT2D eigenvalue weighted by atomic mass is 10.1. The quantitative estimate of drug-likeness (QED) is 0.945. The number of nitrogens with one attached hydrogen (secondary N) is 1. The first kappa shape index (κ1) is 12.9. The molecule has 19 heavy (non-hydrogen) atoms. The maximum atomic E-state index is 6.13. The molecule has 1 unspecified atom stereocenters. The Morgan fingerprint density at radius 3 is 2.79 bits per heavy atom. The number of rotatable bonds is 3. The molecule has 1 N–H and O–H groups in total. The highest BCUT2D eigenvalue weighted by molar-refractivity contribution is 6.38. The van der Waals surface area contributed by atoms with Crippen molar-refractivity contribution in [2.75, 3.05) is 13.1 Å². The molecule has 2 heterocycles. The van der Waals surface area contributed by atoms with Crippen LogP contribution in [-0.4, -0.2) is 23.2 Å². The molecule has 0 bridgehead atoms. The Balaban J connectivity index is 1.84. The number of nitrogens with zero attached hydrogens (tertiary/aromatic N) is 2. The van der Waals surface area contributed by atoms with Gasteiger partial charge in [0.2, 0.25) is 11.7 Å². The molecule has 1 aromatic carbocycles. The summed E-state index contributed by atoms with van der Waals surface area (Å²) in [6.45, 7) is 2.06. The van der Waals surface area contributed by atoms with Gasteiger partial charge in [-0.05, 0) is 37.6 Å². The average Bonchev–Trinajstić information content (AvgIpc) is 3.02. The van der Waals surface area contributed by atoms with Crippen LogP contribution in [-0.2, 0) is 6.42 Å². The maximum absolute atomic E-state index is 6.13. The van der Waals surface area contributed by atoms with E-state index in [9.17, 15) is 0 Å². The Labute approximate surface area is 121 Å². The van der Waals surface area contributed by atoms with Gasteiger partial charge in [-0.2, -0.15) is 4.98 Å². The molecule has 1 atom stereocenters. The summed E-state index contributed by atoms with van der Waals surface area (Å²) in [4.78, 5) is 4.39. The van der Waals surface area contributed by atoms with Gasteiger partial charge >= 0.3 is 0 Å². The van der Waals surface area contributed by atoms with E-state index in [1.165, 1.54) is 0 Å². The molecule has 6 heteroatoms. The largest absolute Gasteiger partial charge is 0.339 e. The van der Waals surface area contributed by atoms with E-state index in [2.05, 4.69) is 15.5 Å². The topological polar surface area (TPSA) is 51.0 Å². The highest BCUT2D eigenvalue weighted by Crippen LogP contribution is 2.32. The van der Waals surface area contributed by atoms with Crippen LogP contribution in [0.3, 0.4) is 0 Å². The second-order valence-electron chi connectivity index (χ2n) is 4.67. The zero-order valence-corrected chi connectivity index (χ0v) is 11.7. The van der Waals surface area contributed by atoms with Gasteiger partial charge in [0, 0.05) is 6.42 Å². The third-order valence-electron chi connectivity index (χ3n) is 3.28. The van der Waals surface area contributed by atoms with Crippen LogP contribution in [0.5, 0.6) is 0 Å². The molecule has 1 aliphatic rings. The van der Waals surface area contributed by atoms with Crippen molar-refractivity contribution in [3.63, 3.8) is 0 Å². The Bertz CT molecular complexity index is 559. The van der Waals surface area contributed by atoms with Gasteiger partial charge in [0.1, 0.15) is 0 Å². The molecule has 2 aromatic rings. The number of aromatic nitrogens is 2. The number of hydrogen-bond acceptors (Lipinski definition) is 4. The molecule has 0 amide bonds. The molecule has 0 radical (unpaired) electrons. The van der Waals surface area contributed by atoms with E-state index in [4.69, 9.17) is 27.7 Å². The molecule has 1 aliphatic heterocycles. The van der Waals surface area contributed by atoms with Crippen molar-refractivity contribution in [2.45, 2.75) is 12.8 Å². The molecule has 1 fully saturated rings. The van der Waals surface area contributed by atoms with Gasteiger partial charge in [-0.15, -0.1) is 0 Å². The van der Waals surface area contributed by atoms with Gasteiger partial charge < -0.3 is 9.84 Å². The molecule has 4 nitrogen and oxygen atoms in total. The van der Waals surface area contributed by atoms with E-state index in [0.29, 0.717) is 33.2 Å². The van der Waals surface area contributed by atoms with E-state index in [-0.39, 0.29) is 0 Å². The van der Waals surface area contributed by atoms with Crippen LogP contribution >= 0.6 is 23.2 Å². The minimum absolute atomic E-state index is 0.455. The van der Waals surface area contributed by atoms with Crippen LogP contribution in [0.4, 0.5) is 0 Å². The fraction of sp³-hybridized carbons (Fsp3) is 0.385. The lowest BCUT2D eigenvalue weighted by Crippen LogP contribution is -2.10. The van der Waals surface area contributed by atoms with Crippen LogP contribution in [0.1, 0.15) is 12.3 Å². The van der Waals surface area contributed by atoms with E-state index >= 15 is 0 Å². The molecule has 0 spiro atoms.